The minimum atomic E-state index is -0.440. The number of allylic oxidation sites excluding steroid dienone is 1. The van der Waals surface area contributed by atoms with E-state index in [0.29, 0.717) is 24.9 Å². The van der Waals surface area contributed by atoms with Crippen molar-refractivity contribution < 1.29 is 9.59 Å². The maximum Gasteiger partial charge on any atom is 0.251 e. The fourth-order valence-electron chi connectivity index (χ4n) is 2.85. The van der Waals surface area contributed by atoms with Crippen LogP contribution in [0.2, 0.25) is 0 Å². The van der Waals surface area contributed by atoms with E-state index in [1.165, 1.54) is 0 Å². The molecule has 0 saturated heterocycles. The van der Waals surface area contributed by atoms with Crippen LogP contribution in [0, 0.1) is 5.41 Å². The molecule has 0 heterocycles. The summed E-state index contributed by atoms with van der Waals surface area (Å²) in [5.41, 5.74) is 0.189. The van der Waals surface area contributed by atoms with Crippen molar-refractivity contribution in [1.29, 1.82) is 0 Å². The van der Waals surface area contributed by atoms with Crippen molar-refractivity contribution in [3.8, 4) is 0 Å². The summed E-state index contributed by atoms with van der Waals surface area (Å²) in [5.74, 6) is 0.143. The molecule has 1 atom stereocenters. The number of Topliss-reactive ketones (excluding diaryl/α,β-unsaturated/α-hetero) is 1. The first-order valence-electron chi connectivity index (χ1n) is 7.15. The van der Waals surface area contributed by atoms with Gasteiger partial charge in [-0.2, -0.15) is 0 Å². The van der Waals surface area contributed by atoms with Gasteiger partial charge in [0.1, 0.15) is 5.78 Å². The topological polar surface area (TPSA) is 46.2 Å². The van der Waals surface area contributed by atoms with E-state index in [1.807, 2.05) is 18.2 Å². The Kier molecular flexibility index (Phi) is 4.72. The van der Waals surface area contributed by atoms with Crippen molar-refractivity contribution >= 4 is 11.7 Å². The summed E-state index contributed by atoms with van der Waals surface area (Å²) in [6.07, 6.45) is 5.89. The minimum absolute atomic E-state index is 0.118. The molecule has 0 radical (unpaired) electrons. The van der Waals surface area contributed by atoms with Crippen LogP contribution in [0.5, 0.6) is 0 Å². The SMILES string of the molecule is C=CCC1(CNC(=O)c2ccccc2)CCCCC1=O. The van der Waals surface area contributed by atoms with Crippen LogP contribution in [-0.4, -0.2) is 18.2 Å². The average Bonchev–Trinajstić information content (AvgIpc) is 2.49. The lowest BCUT2D eigenvalue weighted by Gasteiger charge is -2.35. The Bertz CT molecular complexity index is 495. The highest BCUT2D eigenvalue weighted by atomic mass is 16.2. The van der Waals surface area contributed by atoms with Gasteiger partial charge >= 0.3 is 0 Å². The van der Waals surface area contributed by atoms with Gasteiger partial charge in [0.15, 0.2) is 0 Å². The number of hydrogen-bond donors (Lipinski definition) is 1. The van der Waals surface area contributed by atoms with Gasteiger partial charge in [0.2, 0.25) is 0 Å². The second-order valence-electron chi connectivity index (χ2n) is 5.45. The van der Waals surface area contributed by atoms with Crippen LogP contribution < -0.4 is 5.32 Å². The second kappa shape index (κ2) is 6.51. The number of benzene rings is 1. The molecule has 20 heavy (non-hydrogen) atoms. The minimum Gasteiger partial charge on any atom is -0.351 e. The van der Waals surface area contributed by atoms with E-state index >= 15 is 0 Å². The zero-order chi connectivity index (χ0) is 14.4. The summed E-state index contributed by atoms with van der Waals surface area (Å²) in [5, 5.41) is 2.92. The number of nitrogens with one attached hydrogen (secondary N) is 1. The molecule has 1 N–H and O–H groups in total. The molecule has 2 rings (SSSR count). The molecule has 0 spiro atoms. The predicted molar refractivity (Wildman–Crippen MR) is 79.5 cm³/mol. The summed E-state index contributed by atoms with van der Waals surface area (Å²) in [6.45, 7) is 4.16. The van der Waals surface area contributed by atoms with Crippen molar-refractivity contribution in [1.82, 2.24) is 5.32 Å². The molecule has 1 amide bonds. The van der Waals surface area contributed by atoms with Gasteiger partial charge in [0, 0.05) is 23.9 Å². The molecule has 1 aliphatic carbocycles. The van der Waals surface area contributed by atoms with E-state index in [-0.39, 0.29) is 11.7 Å². The number of carbonyl (C=O) groups excluding carboxylic acids is 2. The Labute approximate surface area is 120 Å². The first-order chi connectivity index (χ1) is 9.68. The number of ketones is 1. The highest BCUT2D eigenvalue weighted by Crippen LogP contribution is 2.36. The van der Waals surface area contributed by atoms with Crippen LogP contribution in [0.15, 0.2) is 43.0 Å². The fraction of sp³-hybridized carbons (Fsp3) is 0.412. The van der Waals surface area contributed by atoms with Crippen molar-refractivity contribution in [3.63, 3.8) is 0 Å². The smallest absolute Gasteiger partial charge is 0.251 e. The Balaban J connectivity index is 2.04. The molecule has 1 fully saturated rings. The highest BCUT2D eigenvalue weighted by molar-refractivity contribution is 5.95. The van der Waals surface area contributed by atoms with Crippen LogP contribution in [0.25, 0.3) is 0 Å². The predicted octanol–water partition coefficient (Wildman–Crippen LogP) is 3.12. The largest absolute Gasteiger partial charge is 0.351 e. The first-order valence-corrected chi connectivity index (χ1v) is 7.15. The number of hydrogen-bond acceptors (Lipinski definition) is 2. The second-order valence-corrected chi connectivity index (χ2v) is 5.45. The summed E-state index contributed by atoms with van der Waals surface area (Å²) in [6, 6.07) is 9.09. The molecule has 1 unspecified atom stereocenters. The van der Waals surface area contributed by atoms with Crippen molar-refractivity contribution in [2.75, 3.05) is 6.54 Å². The maximum absolute atomic E-state index is 12.3. The lowest BCUT2D eigenvalue weighted by Crippen LogP contribution is -2.44. The standard InChI is InChI=1S/C17H21NO2/c1-2-11-17(12-7-6-10-15(17)19)13-18-16(20)14-8-4-3-5-9-14/h2-5,8-9H,1,6-7,10-13H2,(H,18,20). The van der Waals surface area contributed by atoms with Gasteiger partial charge in [0.25, 0.3) is 5.91 Å². The fourth-order valence-corrected chi connectivity index (χ4v) is 2.85. The molecule has 1 aromatic rings. The lowest BCUT2D eigenvalue weighted by molar-refractivity contribution is -0.130. The first kappa shape index (κ1) is 14.5. The van der Waals surface area contributed by atoms with E-state index in [2.05, 4.69) is 11.9 Å². The van der Waals surface area contributed by atoms with Crippen LogP contribution in [0.1, 0.15) is 42.5 Å². The van der Waals surface area contributed by atoms with E-state index in [4.69, 9.17) is 0 Å². The molecule has 0 aliphatic heterocycles. The van der Waals surface area contributed by atoms with Crippen LogP contribution in [0.4, 0.5) is 0 Å². The van der Waals surface area contributed by atoms with E-state index in [1.54, 1.807) is 18.2 Å². The average molecular weight is 271 g/mol. The van der Waals surface area contributed by atoms with Gasteiger partial charge in [-0.1, -0.05) is 30.7 Å². The molecule has 106 valence electrons. The Morgan fingerprint density at radius 1 is 1.30 bits per heavy atom. The molecule has 0 bridgehead atoms. The van der Waals surface area contributed by atoms with Gasteiger partial charge in [-0.05, 0) is 31.4 Å². The van der Waals surface area contributed by atoms with Gasteiger partial charge < -0.3 is 5.32 Å². The molecule has 1 saturated carbocycles. The zero-order valence-corrected chi connectivity index (χ0v) is 11.7. The van der Waals surface area contributed by atoms with Crippen LogP contribution in [-0.2, 0) is 4.79 Å². The summed E-state index contributed by atoms with van der Waals surface area (Å²) >= 11 is 0. The van der Waals surface area contributed by atoms with Crippen molar-refractivity contribution in [2.24, 2.45) is 5.41 Å². The molecule has 3 nitrogen and oxygen atoms in total. The third-order valence-corrected chi connectivity index (χ3v) is 4.06. The monoisotopic (exact) mass is 271 g/mol. The lowest BCUT2D eigenvalue weighted by atomic mass is 9.70. The van der Waals surface area contributed by atoms with Crippen molar-refractivity contribution in [2.45, 2.75) is 32.1 Å². The molecule has 3 heteroatoms. The maximum atomic E-state index is 12.3. The van der Waals surface area contributed by atoms with E-state index in [0.717, 1.165) is 19.3 Å². The van der Waals surface area contributed by atoms with E-state index < -0.39 is 5.41 Å². The Morgan fingerprint density at radius 2 is 2.05 bits per heavy atom. The third kappa shape index (κ3) is 3.16. The van der Waals surface area contributed by atoms with Crippen LogP contribution >= 0.6 is 0 Å². The normalized spacial score (nSPS) is 22.3. The number of rotatable bonds is 5. The number of carbonyl (C=O) groups is 2. The highest BCUT2D eigenvalue weighted by Gasteiger charge is 2.38. The molecule has 1 aliphatic rings. The van der Waals surface area contributed by atoms with Gasteiger partial charge in [-0.3, -0.25) is 9.59 Å². The Morgan fingerprint density at radius 3 is 2.70 bits per heavy atom. The Hall–Kier alpha value is -1.90. The molecular weight excluding hydrogens is 250 g/mol. The number of amides is 1. The van der Waals surface area contributed by atoms with Gasteiger partial charge in [-0.15, -0.1) is 6.58 Å². The van der Waals surface area contributed by atoms with Gasteiger partial charge in [-0.25, -0.2) is 0 Å². The quantitative estimate of drug-likeness (QED) is 0.836. The summed E-state index contributed by atoms with van der Waals surface area (Å²) in [4.78, 5) is 24.3. The van der Waals surface area contributed by atoms with Crippen LogP contribution in [0.3, 0.4) is 0 Å². The molecule has 0 aromatic heterocycles. The molecule has 1 aromatic carbocycles. The third-order valence-electron chi connectivity index (χ3n) is 4.06. The summed E-state index contributed by atoms with van der Waals surface area (Å²) < 4.78 is 0. The van der Waals surface area contributed by atoms with Crippen molar-refractivity contribution in [3.05, 3.63) is 48.6 Å². The van der Waals surface area contributed by atoms with E-state index in [9.17, 15) is 9.59 Å². The summed E-state index contributed by atoms with van der Waals surface area (Å²) in [7, 11) is 0. The van der Waals surface area contributed by atoms with Gasteiger partial charge in [0.05, 0.1) is 0 Å². The molecular formula is C17H21NO2. The zero-order valence-electron chi connectivity index (χ0n) is 11.7.